The molecule has 3 aromatic rings. The molecule has 0 saturated carbocycles. The first kappa shape index (κ1) is 5.07. The number of rotatable bonds is 0. The first-order valence-corrected chi connectivity index (χ1v) is 3.36. The van der Waals surface area contributed by atoms with Crippen molar-refractivity contribution in [1.82, 2.24) is 9.97 Å². The molecule has 0 amide bonds. The van der Waals surface area contributed by atoms with E-state index in [9.17, 15) is 0 Å². The van der Waals surface area contributed by atoms with Gasteiger partial charge >= 0.3 is 0 Å². The van der Waals surface area contributed by atoms with Crippen LogP contribution in [-0.2, 0) is 0 Å². The van der Waals surface area contributed by atoms with E-state index in [0.29, 0.717) is 5.71 Å². The molecule has 52 valence electrons. The molecule has 0 radical (unpaired) electrons. The number of fused-ring (bicyclic) bond motifs is 1. The third kappa shape index (κ3) is 0.526. The molecule has 3 rings (SSSR count). The number of furan rings is 1. The Bertz CT molecular complexity index is 479. The van der Waals surface area contributed by atoms with Crippen LogP contribution in [0.25, 0.3) is 22.2 Å². The first-order chi connectivity index (χ1) is 5.43. The van der Waals surface area contributed by atoms with Crippen molar-refractivity contribution in [3.8, 4) is 0 Å². The van der Waals surface area contributed by atoms with Gasteiger partial charge in [-0.1, -0.05) is 0 Å². The van der Waals surface area contributed by atoms with Crippen molar-refractivity contribution in [3.05, 3.63) is 24.5 Å². The molecule has 0 N–H and O–H groups in total. The van der Waals surface area contributed by atoms with Crippen LogP contribution in [0.15, 0.2) is 28.9 Å². The van der Waals surface area contributed by atoms with Crippen molar-refractivity contribution < 1.29 is 4.42 Å². The number of nitrogens with zero attached hydrogens (tertiary/aromatic N) is 2. The summed E-state index contributed by atoms with van der Waals surface area (Å²) in [7, 11) is 0. The Kier molecular flexibility index (Phi) is 0.692. The molecule has 3 nitrogen and oxygen atoms in total. The third-order valence-electron chi connectivity index (χ3n) is 1.78. The minimum absolute atomic E-state index is 0.676. The number of hydrogen-bond acceptors (Lipinski definition) is 3. The van der Waals surface area contributed by atoms with Crippen molar-refractivity contribution in [3.63, 3.8) is 0 Å². The van der Waals surface area contributed by atoms with E-state index in [4.69, 9.17) is 4.42 Å². The van der Waals surface area contributed by atoms with Gasteiger partial charge < -0.3 is 4.42 Å². The highest BCUT2D eigenvalue weighted by molar-refractivity contribution is 5.94. The zero-order valence-corrected chi connectivity index (χ0v) is 5.61. The summed E-state index contributed by atoms with van der Waals surface area (Å²) < 4.78 is 5.33. The zero-order chi connectivity index (χ0) is 7.26. The van der Waals surface area contributed by atoms with E-state index in [0.717, 1.165) is 16.5 Å². The Labute approximate surface area is 62.0 Å². The maximum atomic E-state index is 5.33. The molecule has 3 heteroatoms. The Morgan fingerprint density at radius 1 is 1.18 bits per heavy atom. The standard InChI is InChI=1S/C8H4N2O/c1-2-7-6-3-5(1)11-8(6)10-4-9-7/h1-4H. The molecule has 0 spiro atoms. The lowest BCUT2D eigenvalue weighted by atomic mass is 10.2. The van der Waals surface area contributed by atoms with E-state index in [-0.39, 0.29) is 0 Å². The molecule has 0 aliphatic carbocycles. The van der Waals surface area contributed by atoms with Gasteiger partial charge in [-0.05, 0) is 18.2 Å². The van der Waals surface area contributed by atoms with Crippen LogP contribution in [0.2, 0.25) is 0 Å². The minimum atomic E-state index is 0.676. The lowest BCUT2D eigenvalue weighted by molar-refractivity contribution is 0.652. The molecule has 0 unspecified atom stereocenters. The summed E-state index contributed by atoms with van der Waals surface area (Å²) in [5, 5.41) is 1.00. The second-order valence-electron chi connectivity index (χ2n) is 2.46. The van der Waals surface area contributed by atoms with Crippen molar-refractivity contribution >= 4 is 22.2 Å². The van der Waals surface area contributed by atoms with E-state index in [1.807, 2.05) is 18.2 Å². The van der Waals surface area contributed by atoms with E-state index >= 15 is 0 Å². The fraction of sp³-hybridized carbons (Fsp3) is 0. The van der Waals surface area contributed by atoms with Gasteiger partial charge in [0.15, 0.2) is 0 Å². The van der Waals surface area contributed by atoms with Gasteiger partial charge in [0.2, 0.25) is 5.71 Å². The van der Waals surface area contributed by atoms with Gasteiger partial charge in [-0.2, -0.15) is 0 Å². The van der Waals surface area contributed by atoms with Crippen molar-refractivity contribution in [2.45, 2.75) is 0 Å². The molecule has 0 fully saturated rings. The Balaban J connectivity index is 2.82. The van der Waals surface area contributed by atoms with Crippen molar-refractivity contribution in [2.24, 2.45) is 0 Å². The highest BCUT2D eigenvalue weighted by Gasteiger charge is 2.05. The fourth-order valence-corrected chi connectivity index (χ4v) is 1.27. The second-order valence-corrected chi connectivity index (χ2v) is 2.46. The summed E-state index contributed by atoms with van der Waals surface area (Å²) in [5.41, 5.74) is 2.47. The molecule has 0 atom stereocenters. The van der Waals surface area contributed by atoms with Crippen molar-refractivity contribution in [1.29, 1.82) is 0 Å². The molecule has 11 heavy (non-hydrogen) atoms. The third-order valence-corrected chi connectivity index (χ3v) is 1.78. The predicted molar refractivity (Wildman–Crippen MR) is 40.5 cm³/mol. The Morgan fingerprint density at radius 3 is 3.18 bits per heavy atom. The van der Waals surface area contributed by atoms with Gasteiger partial charge in [0.1, 0.15) is 11.9 Å². The Hall–Kier alpha value is -1.64. The maximum absolute atomic E-state index is 5.33. The number of aromatic nitrogens is 2. The summed E-state index contributed by atoms with van der Waals surface area (Å²) >= 11 is 0. The lowest BCUT2D eigenvalue weighted by Gasteiger charge is -1.86. The van der Waals surface area contributed by atoms with Crippen LogP contribution in [0.3, 0.4) is 0 Å². The van der Waals surface area contributed by atoms with E-state index < -0.39 is 0 Å². The maximum Gasteiger partial charge on any atom is 0.230 e. The molecule has 0 saturated heterocycles. The molecule has 1 aromatic carbocycles. The van der Waals surface area contributed by atoms with Crippen LogP contribution < -0.4 is 0 Å². The second kappa shape index (κ2) is 1.50. The summed E-state index contributed by atoms with van der Waals surface area (Å²) in [5.74, 6) is 0. The first-order valence-electron chi connectivity index (χ1n) is 3.36. The van der Waals surface area contributed by atoms with Gasteiger partial charge in [-0.25, -0.2) is 9.97 Å². The average molecular weight is 144 g/mol. The number of benzene rings is 1. The quantitative estimate of drug-likeness (QED) is 0.483. The number of hydrogen-bond donors (Lipinski definition) is 0. The largest absolute Gasteiger partial charge is 0.438 e. The highest BCUT2D eigenvalue weighted by atomic mass is 16.3. The molecule has 0 aliphatic heterocycles. The molecule has 0 aliphatic rings. The molecule has 2 aromatic heterocycles. The minimum Gasteiger partial charge on any atom is -0.438 e. The highest BCUT2D eigenvalue weighted by Crippen LogP contribution is 2.23. The monoisotopic (exact) mass is 144 g/mol. The van der Waals surface area contributed by atoms with Gasteiger partial charge in [0, 0.05) is 0 Å². The van der Waals surface area contributed by atoms with Crippen molar-refractivity contribution in [2.75, 3.05) is 0 Å². The fourth-order valence-electron chi connectivity index (χ4n) is 1.27. The van der Waals surface area contributed by atoms with Crippen LogP contribution in [0.4, 0.5) is 0 Å². The van der Waals surface area contributed by atoms with Gasteiger partial charge in [-0.15, -0.1) is 0 Å². The van der Waals surface area contributed by atoms with Crippen LogP contribution in [-0.4, -0.2) is 9.97 Å². The lowest BCUT2D eigenvalue weighted by Crippen LogP contribution is -1.77. The SMILES string of the molecule is c1nc2ccc3cc2c(n1)o3. The average Bonchev–Trinajstić information content (AvgIpc) is 2.42. The summed E-state index contributed by atoms with van der Waals surface area (Å²) in [6.45, 7) is 0. The normalized spacial score (nSPS) is 11.6. The van der Waals surface area contributed by atoms with E-state index in [1.165, 1.54) is 6.33 Å². The van der Waals surface area contributed by atoms with Gasteiger partial charge in [-0.3, -0.25) is 0 Å². The smallest absolute Gasteiger partial charge is 0.230 e. The van der Waals surface area contributed by atoms with Crippen LogP contribution in [0.5, 0.6) is 0 Å². The molecule has 2 heterocycles. The van der Waals surface area contributed by atoms with Crippen LogP contribution >= 0.6 is 0 Å². The van der Waals surface area contributed by atoms with Gasteiger partial charge in [0.05, 0.1) is 10.9 Å². The predicted octanol–water partition coefficient (Wildman–Crippen LogP) is 1.81. The topological polar surface area (TPSA) is 38.9 Å². The van der Waals surface area contributed by atoms with Crippen LogP contribution in [0.1, 0.15) is 0 Å². The van der Waals surface area contributed by atoms with Crippen LogP contribution in [0, 0.1) is 0 Å². The van der Waals surface area contributed by atoms with Gasteiger partial charge in [0.25, 0.3) is 0 Å². The molecular formula is C8H4N2O. The van der Waals surface area contributed by atoms with E-state index in [2.05, 4.69) is 9.97 Å². The van der Waals surface area contributed by atoms with E-state index in [1.54, 1.807) is 0 Å². The molecular weight excluding hydrogens is 140 g/mol. The zero-order valence-electron chi connectivity index (χ0n) is 5.61. The summed E-state index contributed by atoms with van der Waals surface area (Å²) in [6, 6.07) is 5.78. The summed E-state index contributed by atoms with van der Waals surface area (Å²) in [4.78, 5) is 8.07. The Morgan fingerprint density at radius 2 is 2.18 bits per heavy atom. The molecule has 2 bridgehead atoms. The summed E-state index contributed by atoms with van der Waals surface area (Å²) in [6.07, 6.45) is 1.51.